The fourth-order valence-electron chi connectivity index (χ4n) is 2.89. The van der Waals surface area contributed by atoms with Crippen LogP contribution in [0, 0.1) is 6.92 Å². The molecule has 3 rings (SSSR count). The molecule has 0 N–H and O–H groups in total. The van der Waals surface area contributed by atoms with Gasteiger partial charge in [0.25, 0.3) is 5.91 Å². The van der Waals surface area contributed by atoms with Crippen molar-refractivity contribution in [1.82, 2.24) is 15.1 Å². The number of hydrogen-bond acceptors (Lipinski definition) is 5. The maximum Gasteiger partial charge on any atom is 0.260 e. The highest BCUT2D eigenvalue weighted by Gasteiger charge is 2.27. The fraction of sp³-hybridized carbons (Fsp3) is 0.526. The molecule has 1 aliphatic rings. The van der Waals surface area contributed by atoms with Gasteiger partial charge in [-0.2, -0.15) is 0 Å². The highest BCUT2D eigenvalue weighted by molar-refractivity contribution is 5.77. The molecule has 0 saturated carbocycles. The molecule has 2 aromatic rings. The lowest BCUT2D eigenvalue weighted by Crippen LogP contribution is -2.40. The van der Waals surface area contributed by atoms with Crippen LogP contribution in [0.3, 0.4) is 0 Å². The number of carbonyl (C=O) groups is 1. The second kappa shape index (κ2) is 7.68. The minimum Gasteiger partial charge on any atom is -0.484 e. The Morgan fingerprint density at radius 3 is 2.52 bits per heavy atom. The molecule has 2 heterocycles. The van der Waals surface area contributed by atoms with Gasteiger partial charge in [0.05, 0.1) is 0 Å². The Balaban J connectivity index is 1.47. The van der Waals surface area contributed by atoms with E-state index in [1.54, 1.807) is 0 Å². The number of ether oxygens (including phenoxy) is 1. The summed E-state index contributed by atoms with van der Waals surface area (Å²) in [6.07, 6.45) is 1.69. The highest BCUT2D eigenvalue weighted by atomic mass is 16.5. The Kier molecular flexibility index (Phi) is 5.36. The molecular weight excluding hydrogens is 318 g/mol. The third-order valence-electron chi connectivity index (χ3n) is 4.53. The van der Waals surface area contributed by atoms with E-state index in [4.69, 9.17) is 9.15 Å². The van der Waals surface area contributed by atoms with Crippen molar-refractivity contribution < 1.29 is 13.9 Å². The number of amides is 1. The molecular formula is C19H25N3O3. The Morgan fingerprint density at radius 1 is 1.24 bits per heavy atom. The third kappa shape index (κ3) is 4.38. The van der Waals surface area contributed by atoms with Crippen LogP contribution in [0.15, 0.2) is 28.7 Å². The summed E-state index contributed by atoms with van der Waals surface area (Å²) in [6.45, 7) is 7.55. The SMILES string of the molecule is Cc1ccc(OCC(=O)N2CCC(c3nnc(C(C)C)o3)CC2)cc1. The highest BCUT2D eigenvalue weighted by Crippen LogP contribution is 2.28. The van der Waals surface area contributed by atoms with Crippen LogP contribution in [0.1, 0.15) is 55.9 Å². The van der Waals surface area contributed by atoms with Crippen LogP contribution in [0.25, 0.3) is 0 Å². The van der Waals surface area contributed by atoms with E-state index in [1.165, 1.54) is 5.56 Å². The summed E-state index contributed by atoms with van der Waals surface area (Å²) in [7, 11) is 0. The number of likely N-dealkylation sites (tertiary alicyclic amines) is 1. The van der Waals surface area contributed by atoms with Crippen LogP contribution >= 0.6 is 0 Å². The zero-order valence-electron chi connectivity index (χ0n) is 15.1. The standard InChI is InChI=1S/C19H25N3O3/c1-13(2)18-20-21-19(25-18)15-8-10-22(11-9-15)17(23)12-24-16-6-4-14(3)5-7-16/h4-7,13,15H,8-12H2,1-3H3. The summed E-state index contributed by atoms with van der Waals surface area (Å²) in [5.74, 6) is 2.60. The molecule has 1 aromatic heterocycles. The molecule has 1 amide bonds. The molecule has 0 spiro atoms. The lowest BCUT2D eigenvalue weighted by molar-refractivity contribution is -0.134. The van der Waals surface area contributed by atoms with Gasteiger partial charge in [-0.15, -0.1) is 10.2 Å². The van der Waals surface area contributed by atoms with Crippen molar-refractivity contribution in [1.29, 1.82) is 0 Å². The molecule has 134 valence electrons. The summed E-state index contributed by atoms with van der Waals surface area (Å²) < 4.78 is 11.3. The van der Waals surface area contributed by atoms with Crippen LogP contribution in [-0.4, -0.2) is 40.7 Å². The van der Waals surface area contributed by atoms with Crippen molar-refractivity contribution in [3.05, 3.63) is 41.6 Å². The number of aryl methyl sites for hydroxylation is 1. The van der Waals surface area contributed by atoms with Gasteiger partial charge in [0.15, 0.2) is 6.61 Å². The topological polar surface area (TPSA) is 68.5 Å². The van der Waals surface area contributed by atoms with E-state index >= 15 is 0 Å². The molecule has 1 aliphatic heterocycles. The molecule has 1 fully saturated rings. The number of aromatic nitrogens is 2. The molecule has 0 atom stereocenters. The predicted octanol–water partition coefficient (Wildman–Crippen LogP) is 3.29. The number of rotatable bonds is 5. The molecule has 25 heavy (non-hydrogen) atoms. The van der Waals surface area contributed by atoms with Gasteiger partial charge in [-0.05, 0) is 31.9 Å². The number of benzene rings is 1. The van der Waals surface area contributed by atoms with Gasteiger partial charge >= 0.3 is 0 Å². The quantitative estimate of drug-likeness (QED) is 0.833. The van der Waals surface area contributed by atoms with Gasteiger partial charge in [0, 0.05) is 24.9 Å². The predicted molar refractivity (Wildman–Crippen MR) is 93.6 cm³/mol. The summed E-state index contributed by atoms with van der Waals surface area (Å²) in [5.41, 5.74) is 1.17. The Hall–Kier alpha value is -2.37. The second-order valence-corrected chi connectivity index (χ2v) is 6.89. The van der Waals surface area contributed by atoms with Crippen molar-refractivity contribution in [2.45, 2.75) is 45.4 Å². The Morgan fingerprint density at radius 2 is 1.92 bits per heavy atom. The van der Waals surface area contributed by atoms with Crippen molar-refractivity contribution >= 4 is 5.91 Å². The third-order valence-corrected chi connectivity index (χ3v) is 4.53. The van der Waals surface area contributed by atoms with Crippen molar-refractivity contribution in [3.8, 4) is 5.75 Å². The van der Waals surface area contributed by atoms with Gasteiger partial charge < -0.3 is 14.1 Å². The van der Waals surface area contributed by atoms with Gasteiger partial charge in [-0.3, -0.25) is 4.79 Å². The number of hydrogen-bond donors (Lipinski definition) is 0. The molecule has 1 aromatic carbocycles. The monoisotopic (exact) mass is 343 g/mol. The van der Waals surface area contributed by atoms with Crippen LogP contribution in [0.5, 0.6) is 5.75 Å². The molecule has 0 aliphatic carbocycles. The van der Waals surface area contributed by atoms with Crippen molar-refractivity contribution in [2.24, 2.45) is 0 Å². The van der Waals surface area contributed by atoms with Crippen LogP contribution < -0.4 is 4.74 Å². The van der Waals surface area contributed by atoms with E-state index < -0.39 is 0 Å². The van der Waals surface area contributed by atoms with E-state index in [2.05, 4.69) is 10.2 Å². The van der Waals surface area contributed by atoms with Gasteiger partial charge in [-0.1, -0.05) is 31.5 Å². The van der Waals surface area contributed by atoms with E-state index in [-0.39, 0.29) is 24.3 Å². The van der Waals surface area contributed by atoms with Crippen molar-refractivity contribution in [2.75, 3.05) is 19.7 Å². The Labute approximate surface area is 148 Å². The first-order valence-corrected chi connectivity index (χ1v) is 8.83. The van der Waals surface area contributed by atoms with E-state index in [0.717, 1.165) is 18.6 Å². The smallest absolute Gasteiger partial charge is 0.260 e. The maximum atomic E-state index is 12.3. The van der Waals surface area contributed by atoms with Crippen molar-refractivity contribution in [3.63, 3.8) is 0 Å². The van der Waals surface area contributed by atoms with Gasteiger partial charge in [0.2, 0.25) is 11.8 Å². The molecule has 6 nitrogen and oxygen atoms in total. The normalized spacial score (nSPS) is 15.6. The molecule has 0 radical (unpaired) electrons. The van der Waals surface area contributed by atoms with E-state index in [1.807, 2.05) is 49.9 Å². The molecule has 0 unspecified atom stereocenters. The first-order chi connectivity index (χ1) is 12.0. The summed E-state index contributed by atoms with van der Waals surface area (Å²) >= 11 is 0. The van der Waals surface area contributed by atoms with E-state index in [0.29, 0.717) is 24.9 Å². The lowest BCUT2D eigenvalue weighted by Gasteiger charge is -2.30. The summed E-state index contributed by atoms with van der Waals surface area (Å²) in [5, 5.41) is 8.27. The summed E-state index contributed by atoms with van der Waals surface area (Å²) in [6, 6.07) is 7.72. The first-order valence-electron chi connectivity index (χ1n) is 8.83. The molecule has 0 bridgehead atoms. The molecule has 6 heteroatoms. The largest absolute Gasteiger partial charge is 0.484 e. The first kappa shape index (κ1) is 17.5. The van der Waals surface area contributed by atoms with Crippen LogP contribution in [-0.2, 0) is 4.79 Å². The molecule has 1 saturated heterocycles. The zero-order chi connectivity index (χ0) is 17.8. The summed E-state index contributed by atoms with van der Waals surface area (Å²) in [4.78, 5) is 14.2. The fourth-order valence-corrected chi connectivity index (χ4v) is 2.89. The minimum absolute atomic E-state index is 0.0208. The minimum atomic E-state index is 0.0208. The second-order valence-electron chi connectivity index (χ2n) is 6.89. The lowest BCUT2D eigenvalue weighted by atomic mass is 9.97. The Bertz CT molecular complexity index is 701. The van der Waals surface area contributed by atoms with E-state index in [9.17, 15) is 4.79 Å². The zero-order valence-corrected chi connectivity index (χ0v) is 15.1. The van der Waals surface area contributed by atoms with Crippen LogP contribution in [0.2, 0.25) is 0 Å². The maximum absolute atomic E-state index is 12.3. The van der Waals surface area contributed by atoms with Crippen LogP contribution in [0.4, 0.5) is 0 Å². The van der Waals surface area contributed by atoms with Gasteiger partial charge in [0.1, 0.15) is 5.75 Å². The average Bonchev–Trinajstić information content (AvgIpc) is 3.11. The van der Waals surface area contributed by atoms with Gasteiger partial charge in [-0.25, -0.2) is 0 Å². The number of carbonyl (C=O) groups excluding carboxylic acids is 1. The number of piperidine rings is 1. The number of nitrogens with zero attached hydrogens (tertiary/aromatic N) is 3. The average molecular weight is 343 g/mol.